The first kappa shape index (κ1) is 16.0. The van der Waals surface area contributed by atoms with Gasteiger partial charge in [-0.05, 0) is 12.8 Å². The lowest BCUT2D eigenvalue weighted by Gasteiger charge is -2.18. The molecule has 0 aliphatic carbocycles. The molecule has 0 bridgehead atoms. The second kappa shape index (κ2) is 7.08. The minimum Gasteiger partial charge on any atom is -0.344 e. The van der Waals surface area contributed by atoms with Crippen molar-refractivity contribution in [1.29, 1.82) is 5.26 Å². The zero-order chi connectivity index (χ0) is 16.1. The molecular weight excluding hydrogens is 288 g/mol. The lowest BCUT2D eigenvalue weighted by molar-refractivity contribution is -0.385. The highest BCUT2D eigenvalue weighted by atomic mass is 16.6. The number of aromatic nitrogens is 2. The molecule has 1 aromatic rings. The second-order valence-electron chi connectivity index (χ2n) is 5.14. The second-order valence-corrected chi connectivity index (χ2v) is 5.14. The smallest absolute Gasteiger partial charge is 0.305 e. The van der Waals surface area contributed by atoms with Crippen LogP contribution in [0, 0.1) is 27.4 Å². The van der Waals surface area contributed by atoms with Crippen molar-refractivity contribution in [2.24, 2.45) is 11.7 Å². The Labute approximate surface area is 127 Å². The molecule has 3 atom stereocenters. The average molecular weight is 306 g/mol. The van der Waals surface area contributed by atoms with Crippen molar-refractivity contribution < 1.29 is 4.92 Å². The average Bonchev–Trinajstić information content (AvgIpc) is 2.87. The Balaban J connectivity index is 1.82. The predicted octanol–water partition coefficient (Wildman–Crippen LogP) is -0.498. The molecule has 10 heteroatoms. The van der Waals surface area contributed by atoms with Crippen molar-refractivity contribution in [3.8, 4) is 6.07 Å². The summed E-state index contributed by atoms with van der Waals surface area (Å²) in [6, 6.07) is 2.20. The monoisotopic (exact) mass is 306 g/mol. The van der Waals surface area contributed by atoms with Crippen LogP contribution in [0.25, 0.3) is 0 Å². The molecule has 1 fully saturated rings. The normalized spacial score (nSPS) is 24.0. The number of hydrazine groups is 1. The third-order valence-electron chi connectivity index (χ3n) is 3.59. The van der Waals surface area contributed by atoms with E-state index in [1.807, 2.05) is 11.9 Å². The summed E-state index contributed by atoms with van der Waals surface area (Å²) in [5.74, 6) is 0.164. The summed E-state index contributed by atoms with van der Waals surface area (Å²) < 4.78 is 0. The van der Waals surface area contributed by atoms with Crippen LogP contribution in [0.1, 0.15) is 12.8 Å². The van der Waals surface area contributed by atoms with Gasteiger partial charge in [-0.3, -0.25) is 15.5 Å². The number of nitrogens with two attached hydrogens (primary N) is 1. The van der Waals surface area contributed by atoms with Gasteiger partial charge in [0.25, 0.3) is 0 Å². The van der Waals surface area contributed by atoms with E-state index in [2.05, 4.69) is 26.9 Å². The number of nitro groups is 1. The standard InChI is InChI=1S/C12H18N8O2/c1-19(12-15-6-8(7-16-12)20(21)22)4-2-3-10-9(5-13)11(14)18-17-10/h6-7,9-11,17-18H,2-4,14H2,1H3. The maximum absolute atomic E-state index is 10.5. The highest BCUT2D eigenvalue weighted by molar-refractivity contribution is 5.32. The van der Waals surface area contributed by atoms with E-state index in [1.54, 1.807) is 0 Å². The number of hydrogen-bond donors (Lipinski definition) is 3. The molecule has 10 nitrogen and oxygen atoms in total. The van der Waals surface area contributed by atoms with Crippen LogP contribution in [-0.4, -0.2) is 40.7 Å². The summed E-state index contributed by atoms with van der Waals surface area (Å²) in [5.41, 5.74) is 11.5. The van der Waals surface area contributed by atoms with E-state index in [0.29, 0.717) is 12.5 Å². The van der Waals surface area contributed by atoms with Crippen LogP contribution in [0.2, 0.25) is 0 Å². The predicted molar refractivity (Wildman–Crippen MR) is 78.3 cm³/mol. The fourth-order valence-electron chi connectivity index (χ4n) is 2.31. The van der Waals surface area contributed by atoms with Gasteiger partial charge in [0.2, 0.25) is 5.95 Å². The zero-order valence-electron chi connectivity index (χ0n) is 12.1. The van der Waals surface area contributed by atoms with Crippen molar-refractivity contribution in [1.82, 2.24) is 20.8 Å². The van der Waals surface area contributed by atoms with Crippen molar-refractivity contribution in [3.63, 3.8) is 0 Å². The van der Waals surface area contributed by atoms with Gasteiger partial charge >= 0.3 is 5.69 Å². The topological polar surface area (TPSA) is 146 Å². The van der Waals surface area contributed by atoms with E-state index < -0.39 is 4.92 Å². The lowest BCUT2D eigenvalue weighted by atomic mass is 9.97. The Kier molecular flexibility index (Phi) is 5.16. The minimum absolute atomic E-state index is 0.00572. The zero-order valence-corrected chi connectivity index (χ0v) is 12.1. The molecule has 0 saturated carbocycles. The van der Waals surface area contributed by atoms with E-state index in [0.717, 1.165) is 12.8 Å². The SMILES string of the molecule is CN(CCCC1NNC(N)C1C#N)c1ncc([N+](=O)[O-])cn1. The quantitative estimate of drug-likeness (QED) is 0.467. The van der Waals surface area contributed by atoms with Crippen molar-refractivity contribution in [2.75, 3.05) is 18.5 Å². The largest absolute Gasteiger partial charge is 0.344 e. The van der Waals surface area contributed by atoms with Crippen LogP contribution in [0.3, 0.4) is 0 Å². The number of rotatable bonds is 6. The summed E-state index contributed by atoms with van der Waals surface area (Å²) in [6.07, 6.45) is 3.60. The Hall–Kier alpha value is -2.35. The van der Waals surface area contributed by atoms with Gasteiger partial charge in [-0.25, -0.2) is 15.4 Å². The molecule has 118 valence electrons. The van der Waals surface area contributed by atoms with Crippen LogP contribution in [-0.2, 0) is 0 Å². The Bertz CT molecular complexity index is 557. The van der Waals surface area contributed by atoms with Gasteiger partial charge in [0.1, 0.15) is 12.4 Å². The molecule has 3 unspecified atom stereocenters. The number of hydrogen-bond acceptors (Lipinski definition) is 9. The molecule has 22 heavy (non-hydrogen) atoms. The fraction of sp³-hybridized carbons (Fsp3) is 0.583. The molecule has 1 aromatic heterocycles. The number of nitriles is 1. The van der Waals surface area contributed by atoms with Gasteiger partial charge in [0.05, 0.1) is 23.1 Å². The van der Waals surface area contributed by atoms with Crippen molar-refractivity contribution in [3.05, 3.63) is 22.5 Å². The van der Waals surface area contributed by atoms with Gasteiger partial charge in [0, 0.05) is 19.6 Å². The molecule has 2 rings (SSSR count). The first-order valence-electron chi connectivity index (χ1n) is 6.86. The summed E-state index contributed by atoms with van der Waals surface area (Å²) in [7, 11) is 1.81. The van der Waals surface area contributed by atoms with Gasteiger partial charge < -0.3 is 10.6 Å². The van der Waals surface area contributed by atoms with Gasteiger partial charge in [-0.15, -0.1) is 0 Å². The maximum Gasteiger partial charge on any atom is 0.305 e. The van der Waals surface area contributed by atoms with E-state index in [1.165, 1.54) is 12.4 Å². The Morgan fingerprint density at radius 1 is 1.50 bits per heavy atom. The fourth-order valence-corrected chi connectivity index (χ4v) is 2.31. The number of anilines is 1. The van der Waals surface area contributed by atoms with Crippen molar-refractivity contribution >= 4 is 11.6 Å². The molecule has 0 radical (unpaired) electrons. The van der Waals surface area contributed by atoms with Crippen LogP contribution in [0.4, 0.5) is 11.6 Å². The lowest BCUT2D eigenvalue weighted by Crippen LogP contribution is -2.38. The summed E-state index contributed by atoms with van der Waals surface area (Å²) in [5, 5.41) is 19.6. The first-order valence-corrected chi connectivity index (χ1v) is 6.86. The van der Waals surface area contributed by atoms with Crippen LogP contribution < -0.4 is 21.5 Å². The minimum atomic E-state index is -0.534. The third kappa shape index (κ3) is 3.64. The summed E-state index contributed by atoms with van der Waals surface area (Å²) in [4.78, 5) is 19.8. The molecule has 1 saturated heterocycles. The van der Waals surface area contributed by atoms with Crippen LogP contribution >= 0.6 is 0 Å². The molecule has 0 spiro atoms. The number of nitrogens with one attached hydrogen (secondary N) is 2. The van der Waals surface area contributed by atoms with Crippen molar-refractivity contribution in [2.45, 2.75) is 25.0 Å². The van der Waals surface area contributed by atoms with Gasteiger partial charge in [0.15, 0.2) is 0 Å². The first-order chi connectivity index (χ1) is 10.5. The van der Waals surface area contributed by atoms with E-state index in [9.17, 15) is 10.1 Å². The molecular formula is C12H18N8O2. The molecule has 0 amide bonds. The van der Waals surface area contributed by atoms with Gasteiger partial charge in [-0.1, -0.05) is 0 Å². The van der Waals surface area contributed by atoms with E-state index in [4.69, 9.17) is 11.0 Å². The molecule has 1 aliphatic heterocycles. The highest BCUT2D eigenvalue weighted by Gasteiger charge is 2.32. The number of nitrogens with zero attached hydrogens (tertiary/aromatic N) is 5. The molecule has 1 aliphatic rings. The van der Waals surface area contributed by atoms with Crippen LogP contribution in [0.5, 0.6) is 0 Å². The van der Waals surface area contributed by atoms with E-state index >= 15 is 0 Å². The summed E-state index contributed by atoms with van der Waals surface area (Å²) in [6.45, 7) is 0.670. The highest BCUT2D eigenvalue weighted by Crippen LogP contribution is 2.16. The third-order valence-corrected chi connectivity index (χ3v) is 3.59. The molecule has 0 aromatic carbocycles. The summed E-state index contributed by atoms with van der Waals surface area (Å²) >= 11 is 0. The van der Waals surface area contributed by atoms with Gasteiger partial charge in [-0.2, -0.15) is 5.26 Å². The molecule has 2 heterocycles. The molecule has 4 N–H and O–H groups in total. The Morgan fingerprint density at radius 2 is 2.18 bits per heavy atom. The van der Waals surface area contributed by atoms with Crippen LogP contribution in [0.15, 0.2) is 12.4 Å². The van der Waals surface area contributed by atoms with E-state index in [-0.39, 0.29) is 23.8 Å². The maximum atomic E-state index is 10.5. The Morgan fingerprint density at radius 3 is 2.77 bits per heavy atom.